The summed E-state index contributed by atoms with van der Waals surface area (Å²) < 4.78 is 15.3. The lowest BCUT2D eigenvalue weighted by molar-refractivity contribution is -0.142. The van der Waals surface area contributed by atoms with Gasteiger partial charge in [-0.05, 0) is 36.6 Å². The van der Waals surface area contributed by atoms with Crippen molar-refractivity contribution < 1.29 is 23.8 Å². The van der Waals surface area contributed by atoms with Crippen LogP contribution in [0, 0.1) is 0 Å². The number of esters is 1. The van der Waals surface area contributed by atoms with E-state index in [4.69, 9.17) is 9.47 Å². The Bertz CT molecular complexity index is 801. The van der Waals surface area contributed by atoms with Crippen LogP contribution in [-0.2, 0) is 16.1 Å². The number of ether oxygens (including phenoxy) is 3. The van der Waals surface area contributed by atoms with E-state index in [0.29, 0.717) is 23.6 Å². The van der Waals surface area contributed by atoms with E-state index in [1.807, 2.05) is 35.2 Å². The number of carbonyl (C=O) groups excluding carboxylic acids is 2. The Morgan fingerprint density at radius 2 is 1.78 bits per heavy atom. The first kappa shape index (κ1) is 18.8. The zero-order valence-corrected chi connectivity index (χ0v) is 15.5. The first-order valence-electron chi connectivity index (χ1n) is 8.85. The highest BCUT2D eigenvalue weighted by atomic mass is 16.6. The van der Waals surface area contributed by atoms with Gasteiger partial charge in [-0.25, -0.2) is 4.79 Å². The molecule has 6 heteroatoms. The van der Waals surface area contributed by atoms with Crippen molar-refractivity contribution in [1.82, 2.24) is 4.90 Å². The molecular weight excluding hydrogens is 346 g/mol. The molecule has 0 heterocycles. The van der Waals surface area contributed by atoms with E-state index >= 15 is 0 Å². The molecule has 0 aliphatic heterocycles. The molecule has 1 aliphatic rings. The van der Waals surface area contributed by atoms with Gasteiger partial charge < -0.3 is 19.1 Å². The maximum atomic E-state index is 13.1. The fraction of sp³-hybridized carbons (Fsp3) is 0.333. The Labute approximate surface area is 158 Å². The lowest BCUT2D eigenvalue weighted by Gasteiger charge is -2.23. The third kappa shape index (κ3) is 4.78. The summed E-state index contributed by atoms with van der Waals surface area (Å²) in [5.41, 5.74) is 1.63. The van der Waals surface area contributed by atoms with Crippen LogP contribution in [0.1, 0.15) is 28.8 Å². The number of rotatable bonds is 8. The van der Waals surface area contributed by atoms with Crippen molar-refractivity contribution in [2.75, 3.05) is 20.8 Å². The van der Waals surface area contributed by atoms with Gasteiger partial charge in [0.05, 0.1) is 14.2 Å². The van der Waals surface area contributed by atoms with Crippen molar-refractivity contribution in [3.05, 3.63) is 59.7 Å². The summed E-state index contributed by atoms with van der Waals surface area (Å²) in [6.45, 7) is 0.357. The molecule has 0 N–H and O–H groups in total. The molecule has 27 heavy (non-hydrogen) atoms. The third-order valence-electron chi connectivity index (χ3n) is 4.43. The van der Waals surface area contributed by atoms with Gasteiger partial charge in [0, 0.05) is 18.2 Å². The van der Waals surface area contributed by atoms with Crippen molar-refractivity contribution in [3.8, 4) is 11.5 Å². The van der Waals surface area contributed by atoms with Crippen molar-refractivity contribution in [2.24, 2.45) is 0 Å². The molecule has 0 spiro atoms. The minimum absolute atomic E-state index is 0.0424. The van der Waals surface area contributed by atoms with E-state index in [2.05, 4.69) is 4.74 Å². The summed E-state index contributed by atoms with van der Waals surface area (Å²) in [4.78, 5) is 26.2. The largest absolute Gasteiger partial charge is 0.493 e. The number of methoxy groups -OCH3 is 2. The first-order valence-corrected chi connectivity index (χ1v) is 8.85. The molecular formula is C21H23NO5. The van der Waals surface area contributed by atoms with Gasteiger partial charge in [0.2, 0.25) is 0 Å². The highest BCUT2D eigenvalue weighted by Gasteiger charge is 2.33. The minimum atomic E-state index is -0.486. The maximum absolute atomic E-state index is 13.1. The normalized spacial score (nSPS) is 13.0. The Balaban J connectivity index is 1.77. The van der Waals surface area contributed by atoms with E-state index in [1.165, 1.54) is 14.2 Å². The summed E-state index contributed by atoms with van der Waals surface area (Å²) in [5.74, 6) is 0.264. The molecule has 1 aliphatic carbocycles. The van der Waals surface area contributed by atoms with Crippen LogP contribution in [-0.4, -0.2) is 43.6 Å². The van der Waals surface area contributed by atoms with Gasteiger partial charge in [-0.1, -0.05) is 30.3 Å². The third-order valence-corrected chi connectivity index (χ3v) is 4.43. The molecule has 3 rings (SSSR count). The molecule has 1 fully saturated rings. The van der Waals surface area contributed by atoms with Crippen molar-refractivity contribution in [3.63, 3.8) is 0 Å². The van der Waals surface area contributed by atoms with Gasteiger partial charge >= 0.3 is 5.97 Å². The molecule has 2 aromatic carbocycles. The standard InChI is InChI=1S/C21H23NO5/c1-25-19-12-16(8-11-18(19)27-14-20(23)26-2)21(24)22(17-9-10-17)13-15-6-4-3-5-7-15/h3-8,11-12,17H,9-10,13-14H2,1-2H3. The monoisotopic (exact) mass is 369 g/mol. The fourth-order valence-electron chi connectivity index (χ4n) is 2.81. The predicted molar refractivity (Wildman–Crippen MR) is 99.8 cm³/mol. The molecule has 0 atom stereocenters. The summed E-state index contributed by atoms with van der Waals surface area (Å²) >= 11 is 0. The smallest absolute Gasteiger partial charge is 0.343 e. The fourth-order valence-corrected chi connectivity index (χ4v) is 2.81. The van der Waals surface area contributed by atoms with Gasteiger partial charge in [-0.2, -0.15) is 0 Å². The summed E-state index contributed by atoms with van der Waals surface area (Å²) in [5, 5.41) is 0. The highest BCUT2D eigenvalue weighted by molar-refractivity contribution is 5.95. The average molecular weight is 369 g/mol. The van der Waals surface area contributed by atoms with Crippen molar-refractivity contribution >= 4 is 11.9 Å². The van der Waals surface area contributed by atoms with E-state index in [0.717, 1.165) is 18.4 Å². The van der Waals surface area contributed by atoms with Gasteiger partial charge in [0.25, 0.3) is 5.91 Å². The summed E-state index contributed by atoms with van der Waals surface area (Å²) in [7, 11) is 2.79. The lowest BCUT2D eigenvalue weighted by atomic mass is 10.1. The number of hydrogen-bond donors (Lipinski definition) is 0. The van der Waals surface area contributed by atoms with Crippen LogP contribution in [0.4, 0.5) is 0 Å². The minimum Gasteiger partial charge on any atom is -0.493 e. The molecule has 2 aromatic rings. The van der Waals surface area contributed by atoms with E-state index in [1.54, 1.807) is 18.2 Å². The number of nitrogens with zero attached hydrogens (tertiary/aromatic N) is 1. The molecule has 0 saturated heterocycles. The quantitative estimate of drug-likeness (QED) is 0.669. The topological polar surface area (TPSA) is 65.1 Å². The summed E-state index contributed by atoms with van der Waals surface area (Å²) in [6.07, 6.45) is 2.05. The molecule has 0 unspecified atom stereocenters. The zero-order valence-electron chi connectivity index (χ0n) is 15.5. The molecule has 0 aromatic heterocycles. The van der Waals surface area contributed by atoms with Gasteiger partial charge in [0.1, 0.15) is 0 Å². The second kappa shape index (κ2) is 8.58. The molecule has 0 bridgehead atoms. The Morgan fingerprint density at radius 3 is 2.41 bits per heavy atom. The average Bonchev–Trinajstić information content (AvgIpc) is 3.55. The second-order valence-corrected chi connectivity index (χ2v) is 6.38. The van der Waals surface area contributed by atoms with Crippen LogP contribution >= 0.6 is 0 Å². The van der Waals surface area contributed by atoms with Crippen LogP contribution < -0.4 is 9.47 Å². The number of benzene rings is 2. The molecule has 1 amide bonds. The van der Waals surface area contributed by atoms with Crippen LogP contribution in [0.5, 0.6) is 11.5 Å². The van der Waals surface area contributed by atoms with Crippen LogP contribution in [0.25, 0.3) is 0 Å². The molecule has 6 nitrogen and oxygen atoms in total. The van der Waals surface area contributed by atoms with E-state index < -0.39 is 5.97 Å². The highest BCUT2D eigenvalue weighted by Crippen LogP contribution is 2.32. The van der Waals surface area contributed by atoms with Gasteiger partial charge in [0.15, 0.2) is 18.1 Å². The molecule has 1 saturated carbocycles. The van der Waals surface area contributed by atoms with Crippen LogP contribution in [0.2, 0.25) is 0 Å². The Hall–Kier alpha value is -3.02. The zero-order chi connectivity index (χ0) is 19.2. The number of amides is 1. The van der Waals surface area contributed by atoms with E-state index in [-0.39, 0.29) is 18.6 Å². The van der Waals surface area contributed by atoms with Crippen molar-refractivity contribution in [1.29, 1.82) is 0 Å². The first-order chi connectivity index (χ1) is 13.1. The van der Waals surface area contributed by atoms with Crippen LogP contribution in [0.15, 0.2) is 48.5 Å². The second-order valence-electron chi connectivity index (χ2n) is 6.38. The van der Waals surface area contributed by atoms with E-state index in [9.17, 15) is 9.59 Å². The Morgan fingerprint density at radius 1 is 1.04 bits per heavy atom. The van der Waals surface area contributed by atoms with Gasteiger partial charge in [-0.3, -0.25) is 4.79 Å². The molecule has 142 valence electrons. The predicted octanol–water partition coefficient (Wildman–Crippen LogP) is 3.05. The summed E-state index contributed by atoms with van der Waals surface area (Å²) in [6, 6.07) is 15.2. The number of hydrogen-bond acceptors (Lipinski definition) is 5. The van der Waals surface area contributed by atoms with Crippen LogP contribution in [0.3, 0.4) is 0 Å². The number of carbonyl (C=O) groups is 2. The van der Waals surface area contributed by atoms with Crippen molar-refractivity contribution in [2.45, 2.75) is 25.4 Å². The molecule has 0 radical (unpaired) electrons. The SMILES string of the molecule is COC(=O)COc1ccc(C(=O)N(Cc2ccccc2)C2CC2)cc1OC. The lowest BCUT2D eigenvalue weighted by Crippen LogP contribution is -2.32. The Kier molecular flexibility index (Phi) is 5.96. The van der Waals surface area contributed by atoms with Gasteiger partial charge in [-0.15, -0.1) is 0 Å². The maximum Gasteiger partial charge on any atom is 0.343 e.